The number of hydrogen-bond acceptors (Lipinski definition) is 3. The fourth-order valence-electron chi connectivity index (χ4n) is 2.91. The number of likely N-dealkylation sites (tertiary alicyclic amines) is 1. The number of piperidine rings is 1. The van der Waals surface area contributed by atoms with E-state index in [4.69, 9.17) is 5.73 Å². The van der Waals surface area contributed by atoms with E-state index in [0.29, 0.717) is 17.8 Å². The molecular formula is C16H19FN4O. The molecule has 1 fully saturated rings. The standard InChI is InChI=1S/C16H19FN4O/c1-11-9-13(18)5-8-20(11)16(22)12-3-4-15(14(17)10-12)21-7-2-6-19-21/h2-4,6-7,10-11,13H,5,8-9,18H2,1H3/t11-,13+/m1/s1. The SMILES string of the molecule is C[C@@H]1C[C@@H](N)CCN1C(=O)c1ccc(-n2cccn2)c(F)c1. The van der Waals surface area contributed by atoms with Crippen LogP contribution in [-0.2, 0) is 0 Å². The van der Waals surface area contributed by atoms with Crippen molar-refractivity contribution in [2.24, 2.45) is 5.73 Å². The molecule has 1 aliphatic heterocycles. The fourth-order valence-corrected chi connectivity index (χ4v) is 2.91. The highest BCUT2D eigenvalue weighted by molar-refractivity contribution is 5.94. The molecular weight excluding hydrogens is 283 g/mol. The molecule has 0 unspecified atom stereocenters. The molecule has 2 N–H and O–H groups in total. The third-order valence-electron chi connectivity index (χ3n) is 4.12. The Kier molecular flexibility index (Phi) is 3.94. The van der Waals surface area contributed by atoms with Gasteiger partial charge < -0.3 is 10.6 Å². The third kappa shape index (κ3) is 2.74. The lowest BCUT2D eigenvalue weighted by atomic mass is 9.98. The molecule has 0 spiro atoms. The van der Waals surface area contributed by atoms with Crippen LogP contribution in [0.5, 0.6) is 0 Å². The number of halogens is 1. The number of carbonyl (C=O) groups is 1. The minimum atomic E-state index is -0.462. The van der Waals surface area contributed by atoms with Crippen LogP contribution in [0.4, 0.5) is 4.39 Å². The van der Waals surface area contributed by atoms with Crippen LogP contribution in [-0.4, -0.2) is 39.2 Å². The second-order valence-electron chi connectivity index (χ2n) is 5.75. The van der Waals surface area contributed by atoms with E-state index in [1.54, 1.807) is 35.5 Å². The van der Waals surface area contributed by atoms with E-state index >= 15 is 0 Å². The number of aromatic nitrogens is 2. The zero-order valence-corrected chi connectivity index (χ0v) is 12.4. The third-order valence-corrected chi connectivity index (χ3v) is 4.12. The first-order valence-corrected chi connectivity index (χ1v) is 7.42. The van der Waals surface area contributed by atoms with E-state index in [1.807, 2.05) is 6.92 Å². The molecule has 0 aliphatic carbocycles. The molecule has 1 aromatic heterocycles. The Morgan fingerprint density at radius 1 is 1.45 bits per heavy atom. The summed E-state index contributed by atoms with van der Waals surface area (Å²) in [5.41, 5.74) is 6.60. The molecule has 6 heteroatoms. The summed E-state index contributed by atoms with van der Waals surface area (Å²) < 4.78 is 15.7. The molecule has 22 heavy (non-hydrogen) atoms. The average Bonchev–Trinajstić information content (AvgIpc) is 3.00. The van der Waals surface area contributed by atoms with Gasteiger partial charge in [0, 0.05) is 36.6 Å². The van der Waals surface area contributed by atoms with Crippen LogP contribution in [0.15, 0.2) is 36.7 Å². The van der Waals surface area contributed by atoms with E-state index in [0.717, 1.165) is 12.8 Å². The number of hydrogen-bond donors (Lipinski definition) is 1. The van der Waals surface area contributed by atoms with Gasteiger partial charge in [0.1, 0.15) is 11.5 Å². The summed E-state index contributed by atoms with van der Waals surface area (Å²) in [6.07, 6.45) is 4.80. The zero-order valence-electron chi connectivity index (χ0n) is 12.4. The van der Waals surface area contributed by atoms with Crippen LogP contribution in [0.3, 0.4) is 0 Å². The molecule has 1 aliphatic rings. The number of amides is 1. The maximum atomic E-state index is 14.2. The summed E-state index contributed by atoms with van der Waals surface area (Å²) in [6.45, 7) is 2.59. The largest absolute Gasteiger partial charge is 0.336 e. The molecule has 1 saturated heterocycles. The molecule has 3 rings (SSSR count). The van der Waals surface area contributed by atoms with Gasteiger partial charge in [0.15, 0.2) is 0 Å². The highest BCUT2D eigenvalue weighted by Gasteiger charge is 2.28. The van der Waals surface area contributed by atoms with Gasteiger partial charge in [-0.15, -0.1) is 0 Å². The predicted molar refractivity (Wildman–Crippen MR) is 81.2 cm³/mol. The monoisotopic (exact) mass is 302 g/mol. The maximum Gasteiger partial charge on any atom is 0.254 e. The van der Waals surface area contributed by atoms with Crippen molar-refractivity contribution in [3.8, 4) is 5.69 Å². The summed E-state index contributed by atoms with van der Waals surface area (Å²) in [5.74, 6) is -0.610. The molecule has 116 valence electrons. The summed E-state index contributed by atoms with van der Waals surface area (Å²) >= 11 is 0. The minimum Gasteiger partial charge on any atom is -0.336 e. The van der Waals surface area contributed by atoms with Crippen LogP contribution in [0.25, 0.3) is 5.69 Å². The highest BCUT2D eigenvalue weighted by atomic mass is 19.1. The van der Waals surface area contributed by atoms with E-state index < -0.39 is 5.82 Å². The Labute approximate surface area is 128 Å². The van der Waals surface area contributed by atoms with Crippen molar-refractivity contribution in [1.82, 2.24) is 14.7 Å². The maximum absolute atomic E-state index is 14.2. The van der Waals surface area contributed by atoms with Gasteiger partial charge in [-0.2, -0.15) is 5.10 Å². The highest BCUT2D eigenvalue weighted by Crippen LogP contribution is 2.21. The summed E-state index contributed by atoms with van der Waals surface area (Å²) in [6, 6.07) is 6.43. The first-order chi connectivity index (χ1) is 10.6. The smallest absolute Gasteiger partial charge is 0.254 e. The van der Waals surface area contributed by atoms with Gasteiger partial charge in [-0.3, -0.25) is 4.79 Å². The van der Waals surface area contributed by atoms with Crippen LogP contribution < -0.4 is 5.73 Å². The van der Waals surface area contributed by atoms with Gasteiger partial charge in [-0.05, 0) is 44.0 Å². The van der Waals surface area contributed by atoms with Crippen LogP contribution >= 0.6 is 0 Å². The van der Waals surface area contributed by atoms with Gasteiger partial charge in [-0.1, -0.05) is 0 Å². The zero-order chi connectivity index (χ0) is 15.7. The summed E-state index contributed by atoms with van der Waals surface area (Å²) in [5, 5.41) is 4.00. The lowest BCUT2D eigenvalue weighted by molar-refractivity contribution is 0.0618. The predicted octanol–water partition coefficient (Wildman–Crippen LogP) is 1.96. The second kappa shape index (κ2) is 5.88. The van der Waals surface area contributed by atoms with Crippen molar-refractivity contribution in [2.75, 3.05) is 6.54 Å². The van der Waals surface area contributed by atoms with Gasteiger partial charge in [0.25, 0.3) is 5.91 Å². The molecule has 5 nitrogen and oxygen atoms in total. The van der Waals surface area contributed by atoms with Crippen molar-refractivity contribution in [1.29, 1.82) is 0 Å². The molecule has 2 aromatic rings. The van der Waals surface area contributed by atoms with Crippen LogP contribution in [0.1, 0.15) is 30.1 Å². The molecule has 2 atom stereocenters. The molecule has 2 heterocycles. The Hall–Kier alpha value is -2.21. The van der Waals surface area contributed by atoms with Crippen molar-refractivity contribution >= 4 is 5.91 Å². The van der Waals surface area contributed by atoms with E-state index in [1.165, 1.54) is 10.7 Å². The number of carbonyl (C=O) groups excluding carboxylic acids is 1. The van der Waals surface area contributed by atoms with Crippen molar-refractivity contribution in [3.05, 3.63) is 48.0 Å². The van der Waals surface area contributed by atoms with Gasteiger partial charge in [0.05, 0.1) is 0 Å². The molecule has 1 amide bonds. The number of rotatable bonds is 2. The molecule has 0 saturated carbocycles. The first kappa shape index (κ1) is 14.7. The van der Waals surface area contributed by atoms with Crippen molar-refractivity contribution < 1.29 is 9.18 Å². The van der Waals surface area contributed by atoms with Crippen molar-refractivity contribution in [2.45, 2.75) is 31.8 Å². The van der Waals surface area contributed by atoms with Crippen molar-refractivity contribution in [3.63, 3.8) is 0 Å². The lowest BCUT2D eigenvalue weighted by Gasteiger charge is -2.36. The Bertz CT molecular complexity index is 671. The van der Waals surface area contributed by atoms with Gasteiger partial charge in [-0.25, -0.2) is 9.07 Å². The van der Waals surface area contributed by atoms with E-state index in [-0.39, 0.29) is 18.0 Å². The topological polar surface area (TPSA) is 64.2 Å². The normalized spacial score (nSPS) is 21.9. The Balaban J connectivity index is 1.83. The molecule has 0 bridgehead atoms. The number of benzene rings is 1. The molecule has 0 radical (unpaired) electrons. The Morgan fingerprint density at radius 2 is 2.27 bits per heavy atom. The second-order valence-corrected chi connectivity index (χ2v) is 5.75. The Morgan fingerprint density at radius 3 is 2.91 bits per heavy atom. The van der Waals surface area contributed by atoms with Crippen LogP contribution in [0.2, 0.25) is 0 Å². The van der Waals surface area contributed by atoms with E-state index in [2.05, 4.69) is 5.10 Å². The quantitative estimate of drug-likeness (QED) is 0.922. The minimum absolute atomic E-state index is 0.0742. The van der Waals surface area contributed by atoms with E-state index in [9.17, 15) is 9.18 Å². The average molecular weight is 302 g/mol. The summed E-state index contributed by atoms with van der Waals surface area (Å²) in [7, 11) is 0. The summed E-state index contributed by atoms with van der Waals surface area (Å²) in [4.78, 5) is 14.3. The first-order valence-electron chi connectivity index (χ1n) is 7.42. The number of nitrogens with two attached hydrogens (primary N) is 1. The van der Waals surface area contributed by atoms with Crippen LogP contribution in [0, 0.1) is 5.82 Å². The number of nitrogens with zero attached hydrogens (tertiary/aromatic N) is 3. The fraction of sp³-hybridized carbons (Fsp3) is 0.375. The van der Waals surface area contributed by atoms with Gasteiger partial charge >= 0.3 is 0 Å². The molecule has 1 aromatic carbocycles. The van der Waals surface area contributed by atoms with Gasteiger partial charge in [0.2, 0.25) is 0 Å². The lowest BCUT2D eigenvalue weighted by Crippen LogP contribution is -2.48.